The lowest BCUT2D eigenvalue weighted by Crippen LogP contribution is -2.11. The van der Waals surface area contributed by atoms with E-state index in [0.717, 1.165) is 15.9 Å². The van der Waals surface area contributed by atoms with E-state index in [4.69, 9.17) is 0 Å². The molecule has 1 amide bonds. The van der Waals surface area contributed by atoms with Crippen LogP contribution in [0.5, 0.6) is 0 Å². The van der Waals surface area contributed by atoms with E-state index >= 15 is 0 Å². The van der Waals surface area contributed by atoms with Crippen LogP contribution in [-0.2, 0) is 0 Å². The van der Waals surface area contributed by atoms with Crippen LogP contribution in [0.25, 0.3) is 10.9 Å². The maximum Gasteiger partial charge on any atom is 0.273 e. The highest BCUT2D eigenvalue weighted by Gasteiger charge is 2.13. The van der Waals surface area contributed by atoms with Gasteiger partial charge in [0.2, 0.25) is 5.13 Å². The Labute approximate surface area is 120 Å². The van der Waals surface area contributed by atoms with Crippen molar-refractivity contribution in [2.75, 3.05) is 5.32 Å². The SMILES string of the molecule is CC(C)c1nnc(NC(=O)c2cc3ccccc3[nH]2)s1. The van der Waals surface area contributed by atoms with Crippen LogP contribution in [0.3, 0.4) is 0 Å². The van der Waals surface area contributed by atoms with Crippen molar-refractivity contribution in [3.63, 3.8) is 0 Å². The second-order valence-electron chi connectivity index (χ2n) is 4.82. The number of carbonyl (C=O) groups excluding carboxylic acids is 1. The van der Waals surface area contributed by atoms with Gasteiger partial charge in [-0.05, 0) is 12.1 Å². The molecule has 5 nitrogen and oxygen atoms in total. The molecular formula is C14H14N4OS. The maximum atomic E-state index is 12.2. The molecule has 2 heterocycles. The second-order valence-corrected chi connectivity index (χ2v) is 5.83. The number of aromatic amines is 1. The Morgan fingerprint density at radius 2 is 2.10 bits per heavy atom. The average Bonchev–Trinajstić information content (AvgIpc) is 3.04. The van der Waals surface area contributed by atoms with Gasteiger partial charge >= 0.3 is 0 Å². The minimum absolute atomic E-state index is 0.201. The summed E-state index contributed by atoms with van der Waals surface area (Å²) in [7, 11) is 0. The number of hydrogen-bond acceptors (Lipinski definition) is 4. The van der Waals surface area contributed by atoms with E-state index in [2.05, 4.69) is 20.5 Å². The van der Waals surface area contributed by atoms with Gasteiger partial charge in [0.25, 0.3) is 5.91 Å². The van der Waals surface area contributed by atoms with E-state index in [1.165, 1.54) is 11.3 Å². The quantitative estimate of drug-likeness (QED) is 0.775. The number of nitrogens with zero attached hydrogens (tertiary/aromatic N) is 2. The van der Waals surface area contributed by atoms with Crippen LogP contribution < -0.4 is 5.32 Å². The van der Waals surface area contributed by atoms with E-state index in [-0.39, 0.29) is 5.91 Å². The molecule has 6 heteroatoms. The molecule has 0 saturated heterocycles. The first-order chi connectivity index (χ1) is 9.63. The van der Waals surface area contributed by atoms with Crippen LogP contribution in [0, 0.1) is 0 Å². The summed E-state index contributed by atoms with van der Waals surface area (Å²) in [5.41, 5.74) is 1.46. The van der Waals surface area contributed by atoms with Crippen molar-refractivity contribution in [1.29, 1.82) is 0 Å². The highest BCUT2D eigenvalue weighted by atomic mass is 32.1. The first-order valence-corrected chi connectivity index (χ1v) is 7.17. The summed E-state index contributed by atoms with van der Waals surface area (Å²) in [4.78, 5) is 15.2. The summed E-state index contributed by atoms with van der Waals surface area (Å²) in [6.07, 6.45) is 0. The Hall–Kier alpha value is -2.21. The molecule has 2 aromatic heterocycles. The van der Waals surface area contributed by atoms with E-state index < -0.39 is 0 Å². The van der Waals surface area contributed by atoms with Crippen LogP contribution in [0.15, 0.2) is 30.3 Å². The summed E-state index contributed by atoms with van der Waals surface area (Å²) >= 11 is 1.40. The number of para-hydroxylation sites is 1. The van der Waals surface area contributed by atoms with Crippen molar-refractivity contribution in [2.45, 2.75) is 19.8 Å². The van der Waals surface area contributed by atoms with E-state index in [0.29, 0.717) is 16.7 Å². The van der Waals surface area contributed by atoms with Crippen LogP contribution in [0.2, 0.25) is 0 Å². The molecule has 0 radical (unpaired) electrons. The van der Waals surface area contributed by atoms with Gasteiger partial charge in [-0.15, -0.1) is 10.2 Å². The predicted octanol–water partition coefficient (Wildman–Crippen LogP) is 3.40. The number of anilines is 1. The molecule has 0 aliphatic rings. The molecule has 0 fully saturated rings. The lowest BCUT2D eigenvalue weighted by atomic mass is 10.2. The molecule has 0 saturated carbocycles. The van der Waals surface area contributed by atoms with Gasteiger partial charge in [0.1, 0.15) is 10.7 Å². The summed E-state index contributed by atoms with van der Waals surface area (Å²) in [5.74, 6) is 0.110. The third-order valence-electron chi connectivity index (χ3n) is 2.93. The van der Waals surface area contributed by atoms with Crippen molar-refractivity contribution in [2.24, 2.45) is 0 Å². The molecule has 0 unspecified atom stereocenters. The summed E-state index contributed by atoms with van der Waals surface area (Å²) in [5, 5.41) is 13.2. The van der Waals surface area contributed by atoms with Crippen LogP contribution >= 0.6 is 11.3 Å². The number of amides is 1. The highest BCUT2D eigenvalue weighted by molar-refractivity contribution is 7.15. The number of benzene rings is 1. The number of hydrogen-bond donors (Lipinski definition) is 2. The fourth-order valence-corrected chi connectivity index (χ4v) is 2.62. The Morgan fingerprint density at radius 1 is 1.30 bits per heavy atom. The first kappa shape index (κ1) is 12.8. The molecule has 20 heavy (non-hydrogen) atoms. The number of aromatic nitrogens is 3. The van der Waals surface area contributed by atoms with Gasteiger partial charge in [-0.1, -0.05) is 43.4 Å². The van der Waals surface area contributed by atoms with Crippen molar-refractivity contribution in [3.8, 4) is 0 Å². The third-order valence-corrected chi connectivity index (χ3v) is 4.07. The normalized spacial score (nSPS) is 11.2. The van der Waals surface area contributed by atoms with Gasteiger partial charge in [-0.25, -0.2) is 0 Å². The largest absolute Gasteiger partial charge is 0.351 e. The van der Waals surface area contributed by atoms with Gasteiger partial charge in [-0.3, -0.25) is 10.1 Å². The molecular weight excluding hydrogens is 272 g/mol. The average molecular weight is 286 g/mol. The Bertz CT molecular complexity index is 726. The lowest BCUT2D eigenvalue weighted by molar-refractivity contribution is 0.102. The monoisotopic (exact) mass is 286 g/mol. The zero-order valence-electron chi connectivity index (χ0n) is 11.2. The number of carbonyl (C=O) groups is 1. The molecule has 0 aliphatic carbocycles. The second kappa shape index (κ2) is 5.05. The first-order valence-electron chi connectivity index (χ1n) is 6.36. The van der Waals surface area contributed by atoms with Crippen molar-refractivity contribution >= 4 is 33.3 Å². The molecule has 2 N–H and O–H groups in total. The Kier molecular flexibility index (Phi) is 3.23. The molecule has 3 aromatic rings. The van der Waals surface area contributed by atoms with Crippen molar-refractivity contribution in [3.05, 3.63) is 41.0 Å². The fourth-order valence-electron chi connectivity index (χ4n) is 1.88. The van der Waals surface area contributed by atoms with Gasteiger partial charge < -0.3 is 4.98 Å². The molecule has 1 aromatic carbocycles. The summed E-state index contributed by atoms with van der Waals surface area (Å²) in [6, 6.07) is 9.60. The summed E-state index contributed by atoms with van der Waals surface area (Å²) < 4.78 is 0. The van der Waals surface area contributed by atoms with Crippen LogP contribution in [0.1, 0.15) is 35.3 Å². The van der Waals surface area contributed by atoms with Crippen LogP contribution in [-0.4, -0.2) is 21.1 Å². The Balaban J connectivity index is 1.81. The van der Waals surface area contributed by atoms with E-state index in [1.54, 1.807) is 0 Å². The Morgan fingerprint density at radius 3 is 2.80 bits per heavy atom. The zero-order chi connectivity index (χ0) is 14.1. The van der Waals surface area contributed by atoms with Gasteiger partial charge in [0.15, 0.2) is 0 Å². The molecule has 0 aliphatic heterocycles. The molecule has 0 spiro atoms. The maximum absolute atomic E-state index is 12.2. The predicted molar refractivity (Wildman–Crippen MR) is 80.2 cm³/mol. The van der Waals surface area contributed by atoms with Gasteiger partial charge in [-0.2, -0.15) is 0 Å². The number of nitrogens with one attached hydrogen (secondary N) is 2. The minimum atomic E-state index is -0.201. The number of fused-ring (bicyclic) bond motifs is 1. The summed E-state index contributed by atoms with van der Waals surface area (Å²) in [6.45, 7) is 4.09. The van der Waals surface area contributed by atoms with Gasteiger partial charge in [0, 0.05) is 16.8 Å². The van der Waals surface area contributed by atoms with Gasteiger partial charge in [0.05, 0.1) is 0 Å². The molecule has 0 atom stereocenters. The third kappa shape index (κ3) is 2.42. The number of H-pyrrole nitrogens is 1. The fraction of sp³-hybridized carbons (Fsp3) is 0.214. The highest BCUT2D eigenvalue weighted by Crippen LogP contribution is 2.23. The van der Waals surface area contributed by atoms with Crippen molar-refractivity contribution < 1.29 is 4.79 Å². The topological polar surface area (TPSA) is 70.7 Å². The zero-order valence-corrected chi connectivity index (χ0v) is 12.0. The minimum Gasteiger partial charge on any atom is -0.351 e. The molecule has 102 valence electrons. The standard InChI is InChI=1S/C14H14N4OS/c1-8(2)13-17-18-14(20-13)16-12(19)11-7-9-5-3-4-6-10(9)15-11/h3-8,15H,1-2H3,(H,16,18,19). The number of rotatable bonds is 3. The molecule has 3 rings (SSSR count). The molecule has 0 bridgehead atoms. The van der Waals surface area contributed by atoms with Crippen LogP contribution in [0.4, 0.5) is 5.13 Å². The lowest BCUT2D eigenvalue weighted by Gasteiger charge is -1.97. The smallest absolute Gasteiger partial charge is 0.273 e. The van der Waals surface area contributed by atoms with Crippen molar-refractivity contribution in [1.82, 2.24) is 15.2 Å². The van der Waals surface area contributed by atoms with E-state index in [1.807, 2.05) is 44.2 Å². The van der Waals surface area contributed by atoms with E-state index in [9.17, 15) is 4.79 Å².